The van der Waals surface area contributed by atoms with Crippen molar-refractivity contribution in [3.05, 3.63) is 54.4 Å². The van der Waals surface area contributed by atoms with Crippen molar-refractivity contribution in [2.24, 2.45) is 5.73 Å². The van der Waals surface area contributed by atoms with Gasteiger partial charge >= 0.3 is 0 Å². The van der Waals surface area contributed by atoms with Crippen molar-refractivity contribution >= 4 is 17.0 Å². The maximum Gasteiger partial charge on any atom is 0.248 e. The predicted molar refractivity (Wildman–Crippen MR) is 92.1 cm³/mol. The van der Waals surface area contributed by atoms with E-state index < -0.39 is 5.91 Å². The number of rotatable bonds is 4. The van der Waals surface area contributed by atoms with Crippen LogP contribution in [0.2, 0.25) is 0 Å². The van der Waals surface area contributed by atoms with E-state index in [-0.39, 0.29) is 0 Å². The number of aromatic amines is 1. The third-order valence-corrected chi connectivity index (χ3v) is 3.94. The fourth-order valence-electron chi connectivity index (χ4n) is 2.74. The molecule has 4 aromatic rings. The highest BCUT2D eigenvalue weighted by molar-refractivity contribution is 5.96. The van der Waals surface area contributed by atoms with Crippen molar-refractivity contribution < 1.29 is 13.9 Å². The van der Waals surface area contributed by atoms with Crippen molar-refractivity contribution in [3.63, 3.8) is 0 Å². The van der Waals surface area contributed by atoms with Crippen LogP contribution in [0.25, 0.3) is 33.7 Å². The molecule has 0 spiro atoms. The van der Waals surface area contributed by atoms with E-state index >= 15 is 0 Å². The van der Waals surface area contributed by atoms with Gasteiger partial charge in [-0.25, -0.2) is 0 Å². The van der Waals surface area contributed by atoms with Gasteiger partial charge in [0.1, 0.15) is 17.0 Å². The Hall–Kier alpha value is -3.61. The van der Waals surface area contributed by atoms with Crippen LogP contribution < -0.4 is 10.5 Å². The minimum absolute atomic E-state index is 0.372. The standard InChI is InChI=1S/C18H14N4O3/c1-24-15-3-2-10(18(19)23)8-12(15)16-9-14-17(25-16)11(4-6-20-14)13-5-7-21-22-13/h2-9H,1H3,(H2,19,23)(H,21,22). The van der Waals surface area contributed by atoms with Crippen LogP contribution in [0.3, 0.4) is 0 Å². The summed E-state index contributed by atoms with van der Waals surface area (Å²) in [6.07, 6.45) is 3.44. The Bertz CT molecular complexity index is 1070. The summed E-state index contributed by atoms with van der Waals surface area (Å²) >= 11 is 0. The molecular formula is C18H14N4O3. The number of primary amides is 1. The normalized spacial score (nSPS) is 10.9. The minimum Gasteiger partial charge on any atom is -0.496 e. The van der Waals surface area contributed by atoms with Crippen LogP contribution in [0.1, 0.15) is 10.4 Å². The highest BCUT2D eigenvalue weighted by Gasteiger charge is 2.17. The molecule has 0 aliphatic rings. The molecule has 3 heterocycles. The van der Waals surface area contributed by atoms with E-state index in [0.717, 1.165) is 11.3 Å². The molecule has 7 heteroatoms. The number of furan rings is 1. The van der Waals surface area contributed by atoms with Crippen molar-refractivity contribution in [1.82, 2.24) is 15.2 Å². The van der Waals surface area contributed by atoms with Crippen molar-refractivity contribution in [3.8, 4) is 28.3 Å². The number of aromatic nitrogens is 3. The largest absolute Gasteiger partial charge is 0.496 e. The second kappa shape index (κ2) is 5.79. The number of nitrogens with two attached hydrogens (primary N) is 1. The number of carbonyl (C=O) groups is 1. The van der Waals surface area contributed by atoms with Gasteiger partial charge in [0.25, 0.3) is 0 Å². The Kier molecular flexibility index (Phi) is 3.46. The quantitative estimate of drug-likeness (QED) is 0.596. The number of nitrogens with zero attached hydrogens (tertiary/aromatic N) is 2. The van der Waals surface area contributed by atoms with Crippen molar-refractivity contribution in [2.45, 2.75) is 0 Å². The first-order valence-corrected chi connectivity index (χ1v) is 7.54. The number of benzene rings is 1. The molecule has 25 heavy (non-hydrogen) atoms. The van der Waals surface area contributed by atoms with Gasteiger partial charge in [-0.05, 0) is 30.3 Å². The summed E-state index contributed by atoms with van der Waals surface area (Å²) in [6.45, 7) is 0. The Balaban J connectivity index is 1.93. The first-order valence-electron chi connectivity index (χ1n) is 7.54. The number of nitrogens with one attached hydrogen (secondary N) is 1. The molecular weight excluding hydrogens is 320 g/mol. The van der Waals surface area contributed by atoms with Gasteiger partial charge in [-0.1, -0.05) is 0 Å². The van der Waals surface area contributed by atoms with E-state index in [1.54, 1.807) is 43.8 Å². The van der Waals surface area contributed by atoms with Crippen molar-refractivity contribution in [1.29, 1.82) is 0 Å². The lowest BCUT2D eigenvalue weighted by Gasteiger charge is -2.07. The monoisotopic (exact) mass is 334 g/mol. The highest BCUT2D eigenvalue weighted by Crippen LogP contribution is 2.37. The summed E-state index contributed by atoms with van der Waals surface area (Å²) in [6, 6.07) is 10.4. The molecule has 7 nitrogen and oxygen atoms in total. The molecule has 0 bridgehead atoms. The van der Waals surface area contributed by atoms with Crippen LogP contribution >= 0.6 is 0 Å². The second-order valence-electron chi connectivity index (χ2n) is 5.42. The number of methoxy groups -OCH3 is 1. The molecule has 0 radical (unpaired) electrons. The number of amides is 1. The minimum atomic E-state index is -0.518. The van der Waals surface area contributed by atoms with Gasteiger partial charge in [-0.15, -0.1) is 0 Å². The summed E-state index contributed by atoms with van der Waals surface area (Å²) in [4.78, 5) is 15.8. The maximum atomic E-state index is 11.5. The molecule has 0 saturated carbocycles. The Morgan fingerprint density at radius 2 is 2.08 bits per heavy atom. The van der Waals surface area contributed by atoms with Crippen LogP contribution in [-0.2, 0) is 0 Å². The number of ether oxygens (including phenoxy) is 1. The first-order chi connectivity index (χ1) is 12.2. The van der Waals surface area contributed by atoms with E-state index in [4.69, 9.17) is 14.9 Å². The lowest BCUT2D eigenvalue weighted by atomic mass is 10.1. The Morgan fingerprint density at radius 3 is 2.80 bits per heavy atom. The lowest BCUT2D eigenvalue weighted by molar-refractivity contribution is 0.100. The zero-order valence-electron chi connectivity index (χ0n) is 13.3. The average molecular weight is 334 g/mol. The smallest absolute Gasteiger partial charge is 0.248 e. The molecule has 0 aliphatic heterocycles. The molecule has 0 aliphatic carbocycles. The van der Waals surface area contributed by atoms with Crippen molar-refractivity contribution in [2.75, 3.05) is 7.11 Å². The summed E-state index contributed by atoms with van der Waals surface area (Å²) < 4.78 is 11.4. The molecule has 0 unspecified atom stereocenters. The van der Waals surface area contributed by atoms with Crippen LogP contribution in [-0.4, -0.2) is 28.2 Å². The third-order valence-electron chi connectivity index (χ3n) is 3.94. The van der Waals surface area contributed by atoms with Gasteiger partial charge < -0.3 is 14.9 Å². The summed E-state index contributed by atoms with van der Waals surface area (Å²) in [7, 11) is 1.55. The number of hydrogen-bond acceptors (Lipinski definition) is 5. The molecule has 1 amide bonds. The zero-order valence-corrected chi connectivity index (χ0v) is 13.3. The van der Waals surface area contributed by atoms with E-state index in [9.17, 15) is 4.79 Å². The van der Waals surface area contributed by atoms with E-state index in [2.05, 4.69) is 15.2 Å². The fraction of sp³-hybridized carbons (Fsp3) is 0.0556. The molecule has 124 valence electrons. The van der Waals surface area contributed by atoms with E-state index in [1.165, 1.54) is 0 Å². The SMILES string of the molecule is COc1ccc(C(N)=O)cc1-c1cc2nccc(-c3cc[nH]n3)c2o1. The molecule has 3 aromatic heterocycles. The molecule has 0 fully saturated rings. The predicted octanol–water partition coefficient (Wildman–Crippen LogP) is 2.99. The number of pyridine rings is 1. The number of H-pyrrole nitrogens is 1. The third kappa shape index (κ3) is 2.51. The van der Waals surface area contributed by atoms with Crippen LogP contribution in [0.5, 0.6) is 5.75 Å². The zero-order chi connectivity index (χ0) is 17.4. The second-order valence-corrected chi connectivity index (χ2v) is 5.42. The molecule has 4 rings (SSSR count). The van der Waals surface area contributed by atoms with Gasteiger partial charge in [0.05, 0.1) is 18.4 Å². The fourth-order valence-corrected chi connectivity index (χ4v) is 2.74. The van der Waals surface area contributed by atoms with E-state index in [0.29, 0.717) is 33.7 Å². The Morgan fingerprint density at radius 1 is 1.20 bits per heavy atom. The molecule has 1 aromatic carbocycles. The number of carbonyl (C=O) groups excluding carboxylic acids is 1. The van der Waals surface area contributed by atoms with Gasteiger partial charge in [-0.2, -0.15) is 5.10 Å². The van der Waals surface area contributed by atoms with Crippen LogP contribution in [0.4, 0.5) is 0 Å². The van der Waals surface area contributed by atoms with Crippen LogP contribution in [0, 0.1) is 0 Å². The summed E-state index contributed by atoms with van der Waals surface area (Å²) in [5.74, 6) is 0.589. The average Bonchev–Trinajstić information content (AvgIpc) is 3.30. The highest BCUT2D eigenvalue weighted by atomic mass is 16.5. The lowest BCUT2D eigenvalue weighted by Crippen LogP contribution is -2.10. The number of hydrogen-bond donors (Lipinski definition) is 2. The topological polar surface area (TPSA) is 107 Å². The van der Waals surface area contributed by atoms with Gasteiger partial charge in [0, 0.05) is 29.6 Å². The Labute approximate surface area is 142 Å². The van der Waals surface area contributed by atoms with Gasteiger partial charge in [0.15, 0.2) is 5.58 Å². The van der Waals surface area contributed by atoms with Gasteiger partial charge in [-0.3, -0.25) is 14.9 Å². The molecule has 3 N–H and O–H groups in total. The van der Waals surface area contributed by atoms with Crippen LogP contribution in [0.15, 0.2) is 53.2 Å². The first kappa shape index (κ1) is 14.9. The summed E-state index contributed by atoms with van der Waals surface area (Å²) in [5.41, 5.74) is 9.25. The number of fused-ring (bicyclic) bond motifs is 1. The molecule has 0 saturated heterocycles. The summed E-state index contributed by atoms with van der Waals surface area (Å²) in [5, 5.41) is 6.98. The maximum absolute atomic E-state index is 11.5. The van der Waals surface area contributed by atoms with E-state index in [1.807, 2.05) is 12.1 Å². The molecule has 0 atom stereocenters. The van der Waals surface area contributed by atoms with Gasteiger partial charge in [0.2, 0.25) is 5.91 Å².